The van der Waals surface area contributed by atoms with Gasteiger partial charge in [0.2, 0.25) is 0 Å². The van der Waals surface area contributed by atoms with E-state index in [1.165, 1.54) is 23.9 Å². The number of thioether (sulfide) groups is 1. The van der Waals surface area contributed by atoms with Crippen LogP contribution in [0.4, 0.5) is 23.7 Å². The number of urea groups is 1. The van der Waals surface area contributed by atoms with Crippen molar-refractivity contribution in [2.45, 2.75) is 11.6 Å². The lowest BCUT2D eigenvalue weighted by Gasteiger charge is -2.25. The lowest BCUT2D eigenvalue weighted by atomic mass is 10.1. The second-order valence-corrected chi connectivity index (χ2v) is 7.04. The summed E-state index contributed by atoms with van der Waals surface area (Å²) in [7, 11) is 0. The van der Waals surface area contributed by atoms with E-state index in [0.29, 0.717) is 28.6 Å². The summed E-state index contributed by atoms with van der Waals surface area (Å²) >= 11 is 7.55. The van der Waals surface area contributed by atoms with Crippen LogP contribution in [-0.4, -0.2) is 23.2 Å². The van der Waals surface area contributed by atoms with E-state index in [1.807, 2.05) is 0 Å². The quantitative estimate of drug-likeness (QED) is 0.724. The Labute approximate surface area is 152 Å². The molecular formula is C17H14ClF3N2OS. The van der Waals surface area contributed by atoms with Gasteiger partial charge in [0.05, 0.1) is 16.3 Å². The summed E-state index contributed by atoms with van der Waals surface area (Å²) < 4.78 is 38.1. The van der Waals surface area contributed by atoms with Crippen LogP contribution in [0.5, 0.6) is 0 Å². The molecule has 1 fully saturated rings. The smallest absolute Gasteiger partial charge is 0.308 e. The number of alkyl halides is 3. The standard InChI is InChI=1S/C17H14ClF3N2OS/c18-13-3-1-2-4-14(13)22-16(24)23-9-10-25-15(23)11-5-7-12(8-6-11)17(19,20)21/h1-8,15H,9-10H2,(H,22,24)/t15-/m1/s1. The lowest BCUT2D eigenvalue weighted by molar-refractivity contribution is -0.137. The summed E-state index contributed by atoms with van der Waals surface area (Å²) in [5, 5.41) is 2.85. The predicted octanol–water partition coefficient (Wildman–Crippen LogP) is 5.64. The van der Waals surface area contributed by atoms with E-state index < -0.39 is 11.7 Å². The lowest BCUT2D eigenvalue weighted by Crippen LogP contribution is -2.34. The second-order valence-electron chi connectivity index (χ2n) is 5.45. The van der Waals surface area contributed by atoms with Gasteiger partial charge < -0.3 is 10.2 Å². The Morgan fingerprint density at radius 2 is 1.84 bits per heavy atom. The molecule has 0 saturated carbocycles. The van der Waals surface area contributed by atoms with Crippen molar-refractivity contribution in [3.05, 3.63) is 64.7 Å². The molecule has 0 aromatic heterocycles. The topological polar surface area (TPSA) is 32.3 Å². The predicted molar refractivity (Wildman–Crippen MR) is 93.8 cm³/mol. The second kappa shape index (κ2) is 7.17. The van der Waals surface area contributed by atoms with Gasteiger partial charge in [0, 0.05) is 12.3 Å². The van der Waals surface area contributed by atoms with Gasteiger partial charge in [-0.3, -0.25) is 0 Å². The third kappa shape index (κ3) is 4.04. The number of hydrogen-bond acceptors (Lipinski definition) is 2. The Kier molecular flexibility index (Phi) is 5.15. The zero-order valence-electron chi connectivity index (χ0n) is 12.9. The molecule has 0 unspecified atom stereocenters. The van der Waals surface area contributed by atoms with Gasteiger partial charge in [0.1, 0.15) is 5.37 Å². The molecule has 0 spiro atoms. The van der Waals surface area contributed by atoms with Crippen molar-refractivity contribution in [1.29, 1.82) is 0 Å². The molecule has 2 aromatic rings. The van der Waals surface area contributed by atoms with E-state index in [-0.39, 0.29) is 11.4 Å². The maximum atomic E-state index is 12.7. The minimum absolute atomic E-state index is 0.329. The molecule has 3 nitrogen and oxygen atoms in total. The molecule has 132 valence electrons. The molecule has 2 aromatic carbocycles. The highest BCUT2D eigenvalue weighted by Gasteiger charge is 2.33. The molecule has 1 N–H and O–H groups in total. The summed E-state index contributed by atoms with van der Waals surface area (Å²) in [4.78, 5) is 14.1. The molecule has 3 rings (SSSR count). The number of hydrogen-bond donors (Lipinski definition) is 1. The van der Waals surface area contributed by atoms with E-state index >= 15 is 0 Å². The molecule has 0 radical (unpaired) electrons. The van der Waals surface area contributed by atoms with Crippen LogP contribution in [-0.2, 0) is 6.18 Å². The number of nitrogens with one attached hydrogen (secondary N) is 1. The van der Waals surface area contributed by atoms with Gasteiger partial charge in [0.15, 0.2) is 0 Å². The van der Waals surface area contributed by atoms with E-state index in [4.69, 9.17) is 11.6 Å². The fraction of sp³-hybridized carbons (Fsp3) is 0.235. The van der Waals surface area contributed by atoms with Crippen LogP contribution < -0.4 is 5.32 Å². The Bertz CT molecular complexity index is 767. The molecule has 1 aliphatic heterocycles. The minimum atomic E-state index is -4.37. The average molecular weight is 387 g/mol. The molecule has 1 heterocycles. The summed E-state index contributed by atoms with van der Waals surface area (Å²) in [5.41, 5.74) is 0.452. The van der Waals surface area contributed by atoms with Crippen molar-refractivity contribution in [3.63, 3.8) is 0 Å². The number of benzene rings is 2. The third-order valence-corrected chi connectivity index (χ3v) is 5.38. The van der Waals surface area contributed by atoms with Crippen LogP contribution >= 0.6 is 23.4 Å². The SMILES string of the molecule is O=C(Nc1ccccc1Cl)N1CCS[C@@H]1c1ccc(C(F)(F)F)cc1. The molecular weight excluding hydrogens is 373 g/mol. The highest BCUT2D eigenvalue weighted by molar-refractivity contribution is 7.99. The Hall–Kier alpha value is -1.86. The van der Waals surface area contributed by atoms with Gasteiger partial charge in [-0.25, -0.2) is 4.79 Å². The molecule has 8 heteroatoms. The van der Waals surface area contributed by atoms with Gasteiger partial charge in [-0.2, -0.15) is 13.2 Å². The molecule has 25 heavy (non-hydrogen) atoms. The first-order valence-electron chi connectivity index (χ1n) is 7.47. The molecule has 1 aliphatic rings. The van der Waals surface area contributed by atoms with Gasteiger partial charge in [-0.05, 0) is 29.8 Å². The fourth-order valence-corrected chi connectivity index (χ4v) is 3.98. The first-order valence-corrected chi connectivity index (χ1v) is 8.90. The van der Waals surface area contributed by atoms with Crippen LogP contribution in [0.3, 0.4) is 0 Å². The van der Waals surface area contributed by atoms with Crippen molar-refractivity contribution in [3.8, 4) is 0 Å². The zero-order valence-corrected chi connectivity index (χ0v) is 14.5. The number of para-hydroxylation sites is 1. The van der Waals surface area contributed by atoms with Crippen molar-refractivity contribution < 1.29 is 18.0 Å². The Morgan fingerprint density at radius 1 is 1.16 bits per heavy atom. The van der Waals surface area contributed by atoms with Crippen LogP contribution in [0.2, 0.25) is 5.02 Å². The number of halogens is 4. The molecule has 0 bridgehead atoms. The Balaban J connectivity index is 1.76. The largest absolute Gasteiger partial charge is 0.416 e. The fourth-order valence-electron chi connectivity index (χ4n) is 2.54. The molecule has 1 atom stereocenters. The number of nitrogens with zero attached hydrogens (tertiary/aromatic N) is 1. The molecule has 2 amide bonds. The van der Waals surface area contributed by atoms with Gasteiger partial charge in [-0.1, -0.05) is 35.9 Å². The monoisotopic (exact) mass is 386 g/mol. The van der Waals surface area contributed by atoms with Gasteiger partial charge in [-0.15, -0.1) is 11.8 Å². The molecule has 1 saturated heterocycles. The van der Waals surface area contributed by atoms with Crippen molar-refractivity contribution >= 4 is 35.1 Å². The zero-order chi connectivity index (χ0) is 18.0. The van der Waals surface area contributed by atoms with Crippen LogP contribution in [0, 0.1) is 0 Å². The van der Waals surface area contributed by atoms with Crippen LogP contribution in [0.25, 0.3) is 0 Å². The van der Waals surface area contributed by atoms with E-state index in [9.17, 15) is 18.0 Å². The number of anilines is 1. The maximum absolute atomic E-state index is 12.7. The summed E-state index contributed by atoms with van der Waals surface area (Å²) in [6, 6.07) is 11.5. The molecule has 0 aliphatic carbocycles. The number of rotatable bonds is 2. The van der Waals surface area contributed by atoms with E-state index in [0.717, 1.165) is 12.1 Å². The first-order chi connectivity index (χ1) is 11.9. The summed E-state index contributed by atoms with van der Waals surface area (Å²) in [6.07, 6.45) is -4.37. The highest BCUT2D eigenvalue weighted by Crippen LogP contribution is 2.39. The summed E-state index contributed by atoms with van der Waals surface area (Å²) in [5.74, 6) is 0.710. The number of carbonyl (C=O) groups excluding carboxylic acids is 1. The van der Waals surface area contributed by atoms with Crippen molar-refractivity contribution in [2.75, 3.05) is 17.6 Å². The maximum Gasteiger partial charge on any atom is 0.416 e. The van der Waals surface area contributed by atoms with Gasteiger partial charge in [0.25, 0.3) is 0 Å². The average Bonchev–Trinajstić information content (AvgIpc) is 3.06. The van der Waals surface area contributed by atoms with Crippen molar-refractivity contribution in [1.82, 2.24) is 4.90 Å². The highest BCUT2D eigenvalue weighted by atomic mass is 35.5. The van der Waals surface area contributed by atoms with E-state index in [2.05, 4.69) is 5.32 Å². The number of carbonyl (C=O) groups is 1. The van der Waals surface area contributed by atoms with E-state index in [1.54, 1.807) is 29.2 Å². The normalized spacial score (nSPS) is 17.6. The van der Waals surface area contributed by atoms with Crippen LogP contribution in [0.15, 0.2) is 48.5 Å². The van der Waals surface area contributed by atoms with Crippen LogP contribution in [0.1, 0.15) is 16.5 Å². The third-order valence-electron chi connectivity index (χ3n) is 3.79. The minimum Gasteiger partial charge on any atom is -0.308 e. The first kappa shape index (κ1) is 17.9. The number of amides is 2. The van der Waals surface area contributed by atoms with Gasteiger partial charge >= 0.3 is 12.2 Å². The Morgan fingerprint density at radius 3 is 2.48 bits per heavy atom. The van der Waals surface area contributed by atoms with Crippen molar-refractivity contribution in [2.24, 2.45) is 0 Å². The summed E-state index contributed by atoms with van der Waals surface area (Å²) in [6.45, 7) is 0.507.